The zero-order valence-electron chi connectivity index (χ0n) is 9.22. The highest BCUT2D eigenvalue weighted by atomic mass is 32.1. The molecule has 2 rings (SSSR count). The first-order valence-corrected chi connectivity index (χ1v) is 9.29. The minimum atomic E-state index is -1.12. The van der Waals surface area contributed by atoms with Crippen molar-refractivity contribution in [2.45, 2.75) is 26.6 Å². The van der Waals surface area contributed by atoms with Gasteiger partial charge in [-0.25, -0.2) is 0 Å². The molecule has 0 bridgehead atoms. The van der Waals surface area contributed by atoms with Crippen molar-refractivity contribution in [3.05, 3.63) is 29.8 Å². The Kier molecular flexibility index (Phi) is 2.28. The molecule has 14 heavy (non-hydrogen) atoms. The molecule has 0 saturated carbocycles. The molecule has 0 fully saturated rings. The lowest BCUT2D eigenvalue weighted by Crippen LogP contribution is -2.34. The molecule has 0 atom stereocenters. The third kappa shape index (κ3) is 1.77. The van der Waals surface area contributed by atoms with Crippen LogP contribution in [0.4, 0.5) is 0 Å². The first-order chi connectivity index (χ1) is 6.47. The van der Waals surface area contributed by atoms with Crippen molar-refractivity contribution >= 4 is 34.0 Å². The van der Waals surface area contributed by atoms with E-state index in [1.807, 2.05) is 11.3 Å². The van der Waals surface area contributed by atoms with Gasteiger partial charge in [0.05, 0.1) is 8.07 Å². The van der Waals surface area contributed by atoms with Crippen LogP contribution in [0.1, 0.15) is 5.56 Å². The van der Waals surface area contributed by atoms with E-state index in [0.29, 0.717) is 0 Å². The molecule has 0 spiro atoms. The molecule has 0 aliphatic rings. The summed E-state index contributed by atoms with van der Waals surface area (Å²) in [5.41, 5.74) is 1.36. The summed E-state index contributed by atoms with van der Waals surface area (Å²) in [4.78, 5) is 0. The summed E-state index contributed by atoms with van der Waals surface area (Å²) in [6, 6.07) is 9.11. The van der Waals surface area contributed by atoms with Gasteiger partial charge in [0.25, 0.3) is 0 Å². The number of hydrogen-bond acceptors (Lipinski definition) is 1. The number of benzene rings is 1. The van der Waals surface area contributed by atoms with Crippen LogP contribution >= 0.6 is 11.3 Å². The van der Waals surface area contributed by atoms with Crippen molar-refractivity contribution in [2.24, 2.45) is 0 Å². The van der Waals surface area contributed by atoms with Gasteiger partial charge >= 0.3 is 0 Å². The minimum absolute atomic E-state index is 1.12. The second-order valence-corrected chi connectivity index (χ2v) is 11.4. The molecule has 2 aromatic rings. The molecule has 0 saturated heterocycles. The lowest BCUT2D eigenvalue weighted by atomic mass is 10.2. The normalized spacial score (nSPS) is 12.3. The van der Waals surface area contributed by atoms with E-state index in [2.05, 4.69) is 50.8 Å². The van der Waals surface area contributed by atoms with Crippen LogP contribution in [0, 0.1) is 6.92 Å². The van der Waals surface area contributed by atoms with E-state index in [9.17, 15) is 0 Å². The van der Waals surface area contributed by atoms with Gasteiger partial charge in [0.1, 0.15) is 0 Å². The minimum Gasteiger partial charge on any atom is -0.145 e. The largest absolute Gasteiger partial charge is 0.145 e. The third-order valence-electron chi connectivity index (χ3n) is 2.41. The average molecular weight is 220 g/mol. The van der Waals surface area contributed by atoms with Gasteiger partial charge in [0.2, 0.25) is 0 Å². The fourth-order valence-corrected chi connectivity index (χ4v) is 4.56. The summed E-state index contributed by atoms with van der Waals surface area (Å²) >= 11 is 1.98. The molecular formula is C12H16SSi. The number of fused-ring (bicyclic) bond motifs is 1. The Balaban J connectivity index is 2.63. The van der Waals surface area contributed by atoms with Crippen LogP contribution < -0.4 is 4.50 Å². The fourth-order valence-electron chi connectivity index (χ4n) is 1.51. The van der Waals surface area contributed by atoms with E-state index in [4.69, 9.17) is 0 Å². The van der Waals surface area contributed by atoms with E-state index >= 15 is 0 Å². The topological polar surface area (TPSA) is 0 Å². The molecule has 0 radical (unpaired) electrons. The molecule has 0 amide bonds. The number of rotatable bonds is 1. The first kappa shape index (κ1) is 9.93. The van der Waals surface area contributed by atoms with E-state index in [0.717, 1.165) is 0 Å². The Hall–Kier alpha value is -0.603. The molecule has 2 heteroatoms. The predicted octanol–water partition coefficient (Wildman–Crippen LogP) is 3.75. The van der Waals surface area contributed by atoms with Gasteiger partial charge in [-0.1, -0.05) is 31.8 Å². The molecule has 0 aliphatic heterocycles. The van der Waals surface area contributed by atoms with E-state index in [1.54, 1.807) is 4.50 Å². The second-order valence-electron chi connectivity index (χ2n) is 4.90. The van der Waals surface area contributed by atoms with Crippen molar-refractivity contribution < 1.29 is 0 Å². The van der Waals surface area contributed by atoms with Gasteiger partial charge < -0.3 is 0 Å². The van der Waals surface area contributed by atoms with Gasteiger partial charge in [0.15, 0.2) is 0 Å². The lowest BCUT2D eigenvalue weighted by molar-refractivity contribution is 1.52. The van der Waals surface area contributed by atoms with Crippen molar-refractivity contribution in [1.29, 1.82) is 0 Å². The van der Waals surface area contributed by atoms with Crippen LogP contribution in [0.25, 0.3) is 10.1 Å². The van der Waals surface area contributed by atoms with E-state index in [-0.39, 0.29) is 0 Å². The molecule has 0 unspecified atom stereocenters. The molecule has 74 valence electrons. The smallest absolute Gasteiger partial charge is 0.0904 e. The number of aryl methyl sites for hydroxylation is 1. The monoisotopic (exact) mass is 220 g/mol. The maximum Gasteiger partial charge on any atom is 0.0904 e. The highest BCUT2D eigenvalue weighted by molar-refractivity contribution is 7.31. The van der Waals surface area contributed by atoms with Gasteiger partial charge in [-0.15, -0.1) is 11.3 Å². The van der Waals surface area contributed by atoms with Crippen LogP contribution in [0.3, 0.4) is 0 Å². The van der Waals surface area contributed by atoms with E-state index < -0.39 is 8.07 Å². The second kappa shape index (κ2) is 3.21. The Morgan fingerprint density at radius 3 is 2.43 bits per heavy atom. The Bertz CT molecular complexity index is 463. The summed E-state index contributed by atoms with van der Waals surface area (Å²) < 4.78 is 3.06. The first-order valence-electron chi connectivity index (χ1n) is 4.97. The fraction of sp³-hybridized carbons (Fsp3) is 0.333. The number of hydrogen-bond donors (Lipinski definition) is 0. The summed E-state index contributed by atoms with van der Waals surface area (Å²) in [6.45, 7) is 9.38. The highest BCUT2D eigenvalue weighted by Crippen LogP contribution is 2.22. The maximum atomic E-state index is 2.41. The summed E-state index contributed by atoms with van der Waals surface area (Å²) in [7, 11) is -1.12. The van der Waals surface area contributed by atoms with Crippen LogP contribution in [0.5, 0.6) is 0 Å². The predicted molar refractivity (Wildman–Crippen MR) is 69.5 cm³/mol. The van der Waals surface area contributed by atoms with Gasteiger partial charge in [-0.3, -0.25) is 0 Å². The molecule has 1 aromatic heterocycles. The Morgan fingerprint density at radius 2 is 1.79 bits per heavy atom. The van der Waals surface area contributed by atoms with Crippen LogP contribution in [-0.2, 0) is 0 Å². The molecule has 0 nitrogen and oxygen atoms in total. The SMILES string of the molecule is Cc1ccc2cc([Si](C)(C)C)sc2c1. The van der Waals surface area contributed by atoms with Crippen molar-refractivity contribution in [3.63, 3.8) is 0 Å². The standard InChI is InChI=1S/C12H16SSi/c1-9-5-6-10-8-12(14(2,3)4)13-11(10)7-9/h5-8H,1-4H3. The average Bonchev–Trinajstić information content (AvgIpc) is 2.45. The number of thiophene rings is 1. The lowest BCUT2D eigenvalue weighted by Gasteiger charge is -2.11. The quantitative estimate of drug-likeness (QED) is 0.642. The summed E-state index contributed by atoms with van der Waals surface area (Å²) in [6.07, 6.45) is 0. The zero-order valence-corrected chi connectivity index (χ0v) is 11.0. The maximum absolute atomic E-state index is 2.41. The molecule has 0 N–H and O–H groups in total. The van der Waals surface area contributed by atoms with Crippen molar-refractivity contribution in [1.82, 2.24) is 0 Å². The zero-order chi connectivity index (χ0) is 10.3. The summed E-state index contributed by atoms with van der Waals surface area (Å²) in [5, 5.41) is 1.41. The van der Waals surface area contributed by atoms with Crippen LogP contribution in [-0.4, -0.2) is 8.07 Å². The van der Waals surface area contributed by atoms with Crippen molar-refractivity contribution in [2.75, 3.05) is 0 Å². The molecule has 1 aromatic carbocycles. The van der Waals surface area contributed by atoms with E-state index in [1.165, 1.54) is 15.6 Å². The highest BCUT2D eigenvalue weighted by Gasteiger charge is 2.18. The van der Waals surface area contributed by atoms with Gasteiger partial charge in [0, 0.05) is 4.70 Å². The Morgan fingerprint density at radius 1 is 1.07 bits per heavy atom. The third-order valence-corrected chi connectivity index (χ3v) is 7.09. The molecular weight excluding hydrogens is 204 g/mol. The molecule has 1 heterocycles. The van der Waals surface area contributed by atoms with Gasteiger partial charge in [-0.2, -0.15) is 0 Å². The van der Waals surface area contributed by atoms with Crippen LogP contribution in [0.2, 0.25) is 19.6 Å². The molecule has 0 aliphatic carbocycles. The Labute approximate surface area is 90.6 Å². The van der Waals surface area contributed by atoms with Crippen LogP contribution in [0.15, 0.2) is 24.3 Å². The van der Waals surface area contributed by atoms with Gasteiger partial charge in [-0.05, 0) is 34.5 Å². The summed E-state index contributed by atoms with van der Waals surface area (Å²) in [5.74, 6) is 0. The van der Waals surface area contributed by atoms with Crippen molar-refractivity contribution in [3.8, 4) is 0 Å².